The maximum Gasteiger partial charge on any atom is 0.176 e. The van der Waals surface area contributed by atoms with Crippen LogP contribution >= 0.6 is 0 Å². The third kappa shape index (κ3) is 4.73. The van der Waals surface area contributed by atoms with Gasteiger partial charge in [0.2, 0.25) is 0 Å². The van der Waals surface area contributed by atoms with Crippen molar-refractivity contribution in [2.45, 2.75) is 33.1 Å². The van der Waals surface area contributed by atoms with E-state index in [2.05, 4.69) is 5.32 Å². The van der Waals surface area contributed by atoms with Gasteiger partial charge >= 0.3 is 0 Å². The lowest BCUT2D eigenvalue weighted by Crippen LogP contribution is -2.17. The van der Waals surface area contributed by atoms with E-state index in [0.29, 0.717) is 18.7 Å². The van der Waals surface area contributed by atoms with Gasteiger partial charge in [-0.1, -0.05) is 13.8 Å². The van der Waals surface area contributed by atoms with Gasteiger partial charge in [0.15, 0.2) is 6.19 Å². The molecule has 0 fully saturated rings. The van der Waals surface area contributed by atoms with E-state index < -0.39 is 0 Å². The Bertz CT molecular complexity index is 172. The van der Waals surface area contributed by atoms with E-state index in [1.54, 1.807) is 0 Å². The number of carbonyl (C=O) groups is 1. The second-order valence-corrected chi connectivity index (χ2v) is 2.94. The van der Waals surface area contributed by atoms with E-state index in [9.17, 15) is 4.79 Å². The fourth-order valence-corrected chi connectivity index (χ4v) is 0.998. The molecule has 1 atom stereocenters. The molecule has 0 saturated carbocycles. The number of ketones is 1. The summed E-state index contributed by atoms with van der Waals surface area (Å²) in [6.07, 6.45) is 4.16. The van der Waals surface area contributed by atoms with Crippen molar-refractivity contribution in [1.29, 1.82) is 5.26 Å². The minimum Gasteiger partial charge on any atom is -0.324 e. The molecular weight excluding hydrogens is 152 g/mol. The van der Waals surface area contributed by atoms with Crippen LogP contribution in [-0.2, 0) is 4.79 Å². The van der Waals surface area contributed by atoms with Crippen molar-refractivity contribution >= 4 is 5.78 Å². The van der Waals surface area contributed by atoms with Crippen molar-refractivity contribution in [3.63, 3.8) is 0 Å². The monoisotopic (exact) mass is 168 g/mol. The largest absolute Gasteiger partial charge is 0.324 e. The Morgan fingerprint density at radius 1 is 1.67 bits per heavy atom. The van der Waals surface area contributed by atoms with Gasteiger partial charge in [0.05, 0.1) is 0 Å². The Morgan fingerprint density at radius 2 is 2.33 bits per heavy atom. The quantitative estimate of drug-likeness (QED) is 0.371. The Balaban J connectivity index is 3.51. The Hall–Kier alpha value is -1.04. The van der Waals surface area contributed by atoms with Crippen LogP contribution in [0.1, 0.15) is 33.1 Å². The molecule has 1 N–H and O–H groups in total. The first-order chi connectivity index (χ1) is 5.72. The van der Waals surface area contributed by atoms with Crippen LogP contribution < -0.4 is 5.32 Å². The molecule has 0 saturated heterocycles. The number of nitrogens with one attached hydrogen (secondary N) is 1. The molecule has 0 radical (unpaired) electrons. The molecule has 0 aromatic carbocycles. The molecular formula is C9H16N2O. The lowest BCUT2D eigenvalue weighted by molar-refractivity contribution is -0.122. The molecule has 0 aliphatic heterocycles. The zero-order chi connectivity index (χ0) is 9.40. The topological polar surface area (TPSA) is 52.9 Å². The van der Waals surface area contributed by atoms with Crippen molar-refractivity contribution in [3.05, 3.63) is 0 Å². The van der Waals surface area contributed by atoms with Gasteiger partial charge in [-0.25, -0.2) is 0 Å². The molecule has 3 heteroatoms. The summed E-state index contributed by atoms with van der Waals surface area (Å²) in [5.74, 6) is 0.392. The van der Waals surface area contributed by atoms with Crippen molar-refractivity contribution in [3.8, 4) is 6.19 Å². The molecule has 0 spiro atoms. The summed E-state index contributed by atoms with van der Waals surface area (Å²) in [5.41, 5.74) is 0. The Morgan fingerprint density at radius 3 is 2.83 bits per heavy atom. The summed E-state index contributed by atoms with van der Waals surface area (Å²) in [4.78, 5) is 11.2. The highest BCUT2D eigenvalue weighted by Crippen LogP contribution is 2.06. The minimum absolute atomic E-state index is 0.0887. The van der Waals surface area contributed by atoms with Gasteiger partial charge in [0.25, 0.3) is 0 Å². The number of carbonyl (C=O) groups excluding carboxylic acids is 1. The van der Waals surface area contributed by atoms with Crippen LogP contribution in [0.4, 0.5) is 0 Å². The molecule has 0 rings (SSSR count). The number of hydrogen-bond acceptors (Lipinski definition) is 3. The van der Waals surface area contributed by atoms with Gasteiger partial charge < -0.3 is 5.32 Å². The third-order valence-electron chi connectivity index (χ3n) is 1.83. The first kappa shape index (κ1) is 11.0. The zero-order valence-corrected chi connectivity index (χ0v) is 7.76. The van der Waals surface area contributed by atoms with Crippen molar-refractivity contribution in [2.75, 3.05) is 6.54 Å². The molecule has 68 valence electrons. The second-order valence-electron chi connectivity index (χ2n) is 2.94. The van der Waals surface area contributed by atoms with Gasteiger partial charge in [0, 0.05) is 18.9 Å². The number of Topliss-reactive ketones (excluding diaryl/α,β-unsaturated/α-hetero) is 1. The van der Waals surface area contributed by atoms with Crippen LogP contribution in [0.5, 0.6) is 0 Å². The molecule has 0 aliphatic carbocycles. The van der Waals surface area contributed by atoms with Crippen molar-refractivity contribution in [1.82, 2.24) is 5.32 Å². The Labute approximate surface area is 73.8 Å². The lowest BCUT2D eigenvalue weighted by Gasteiger charge is -2.07. The predicted molar refractivity (Wildman–Crippen MR) is 47.3 cm³/mol. The molecule has 0 aromatic rings. The van der Waals surface area contributed by atoms with Crippen LogP contribution in [0.25, 0.3) is 0 Å². The summed E-state index contributed by atoms with van der Waals surface area (Å²) in [5, 5.41) is 10.7. The summed E-state index contributed by atoms with van der Waals surface area (Å²) < 4.78 is 0. The second kappa shape index (κ2) is 6.66. The standard InChI is InChI=1S/C9H16N2O/c1-3-4-9(12)8(2)5-6-11-7-10/h8,11H,3-6H2,1-2H3. The number of rotatable bonds is 6. The third-order valence-corrected chi connectivity index (χ3v) is 1.83. The average Bonchev–Trinajstić information content (AvgIpc) is 2.05. The first-order valence-corrected chi connectivity index (χ1v) is 4.37. The highest BCUT2D eigenvalue weighted by molar-refractivity contribution is 5.80. The van der Waals surface area contributed by atoms with E-state index in [1.165, 1.54) is 0 Å². The number of nitrogens with zero attached hydrogens (tertiary/aromatic N) is 1. The van der Waals surface area contributed by atoms with E-state index in [4.69, 9.17) is 5.26 Å². The minimum atomic E-state index is 0.0887. The van der Waals surface area contributed by atoms with Crippen LogP contribution in [0.2, 0.25) is 0 Å². The zero-order valence-electron chi connectivity index (χ0n) is 7.76. The number of nitriles is 1. The van der Waals surface area contributed by atoms with Crippen LogP contribution in [-0.4, -0.2) is 12.3 Å². The van der Waals surface area contributed by atoms with Gasteiger partial charge in [0.1, 0.15) is 5.78 Å². The van der Waals surface area contributed by atoms with Gasteiger partial charge in [-0.15, -0.1) is 0 Å². The van der Waals surface area contributed by atoms with E-state index in [-0.39, 0.29) is 5.92 Å². The average molecular weight is 168 g/mol. The SMILES string of the molecule is CCCC(=O)C(C)CCNC#N. The summed E-state index contributed by atoms with van der Waals surface area (Å²) in [6.45, 7) is 4.52. The predicted octanol–water partition coefficient (Wildman–Crippen LogP) is 1.45. The summed E-state index contributed by atoms with van der Waals surface area (Å²) >= 11 is 0. The molecule has 0 aliphatic rings. The highest BCUT2D eigenvalue weighted by Gasteiger charge is 2.10. The van der Waals surface area contributed by atoms with E-state index >= 15 is 0 Å². The van der Waals surface area contributed by atoms with Gasteiger partial charge in [-0.3, -0.25) is 4.79 Å². The van der Waals surface area contributed by atoms with Gasteiger partial charge in [-0.05, 0) is 12.8 Å². The van der Waals surface area contributed by atoms with Crippen LogP contribution in [0.3, 0.4) is 0 Å². The fourth-order valence-electron chi connectivity index (χ4n) is 0.998. The molecule has 12 heavy (non-hydrogen) atoms. The fraction of sp³-hybridized carbons (Fsp3) is 0.778. The lowest BCUT2D eigenvalue weighted by atomic mass is 9.99. The smallest absolute Gasteiger partial charge is 0.176 e. The first-order valence-electron chi connectivity index (χ1n) is 4.37. The molecule has 0 heterocycles. The van der Waals surface area contributed by atoms with Crippen molar-refractivity contribution < 1.29 is 4.79 Å². The van der Waals surface area contributed by atoms with E-state index in [0.717, 1.165) is 12.8 Å². The highest BCUT2D eigenvalue weighted by atomic mass is 16.1. The van der Waals surface area contributed by atoms with Gasteiger partial charge in [-0.2, -0.15) is 5.26 Å². The maximum atomic E-state index is 11.2. The maximum absolute atomic E-state index is 11.2. The molecule has 0 aromatic heterocycles. The summed E-state index contributed by atoms with van der Waals surface area (Å²) in [7, 11) is 0. The Kier molecular flexibility index (Phi) is 6.08. The van der Waals surface area contributed by atoms with Crippen LogP contribution in [0.15, 0.2) is 0 Å². The summed E-state index contributed by atoms with van der Waals surface area (Å²) in [6, 6.07) is 0. The number of hydrogen-bond donors (Lipinski definition) is 1. The van der Waals surface area contributed by atoms with Crippen LogP contribution in [0, 0.1) is 17.4 Å². The molecule has 3 nitrogen and oxygen atoms in total. The molecule has 0 amide bonds. The molecule has 0 bridgehead atoms. The van der Waals surface area contributed by atoms with Crippen molar-refractivity contribution in [2.24, 2.45) is 5.92 Å². The normalized spacial score (nSPS) is 11.8. The van der Waals surface area contributed by atoms with E-state index in [1.807, 2.05) is 20.0 Å². The molecule has 1 unspecified atom stereocenters.